The third kappa shape index (κ3) is 4.50. The molecule has 3 aromatic carbocycles. The van der Waals surface area contributed by atoms with Crippen molar-refractivity contribution >= 4 is 31.4 Å². The van der Waals surface area contributed by atoms with Crippen molar-refractivity contribution in [2.45, 2.75) is 50.3 Å². The second-order valence-electron chi connectivity index (χ2n) is 8.67. The van der Waals surface area contributed by atoms with Gasteiger partial charge in [0.1, 0.15) is 0 Å². The quantitative estimate of drug-likeness (QED) is 0.560. The molecule has 0 radical (unpaired) electrons. The second-order valence-corrected chi connectivity index (χ2v) is 12.2. The third-order valence-corrected chi connectivity index (χ3v) is 9.41. The van der Waals surface area contributed by atoms with E-state index >= 15 is 0 Å². The summed E-state index contributed by atoms with van der Waals surface area (Å²) in [7, 11) is -7.61. The van der Waals surface area contributed by atoms with Gasteiger partial charge in [0.2, 0.25) is 0 Å². The van der Waals surface area contributed by atoms with E-state index in [1.807, 2.05) is 26.0 Å². The Kier molecular flexibility index (Phi) is 6.01. The Morgan fingerprint density at radius 1 is 0.788 bits per heavy atom. The molecule has 0 aliphatic carbocycles. The number of fused-ring (bicyclic) bond motifs is 1. The number of nitrogens with one attached hydrogen (secondary N) is 1. The Morgan fingerprint density at radius 3 is 2.06 bits per heavy atom. The van der Waals surface area contributed by atoms with Crippen LogP contribution in [0.1, 0.15) is 34.2 Å². The Balaban J connectivity index is 1.73. The monoisotopic (exact) mass is 484 g/mol. The fraction of sp³-hybridized carbons (Fsp3) is 0.280. The number of benzene rings is 3. The summed E-state index contributed by atoms with van der Waals surface area (Å²) in [6.45, 7) is 7.73. The summed E-state index contributed by atoms with van der Waals surface area (Å²) in [6, 6.07) is 15.5. The Morgan fingerprint density at radius 2 is 1.42 bits per heavy atom. The molecule has 0 saturated carbocycles. The second kappa shape index (κ2) is 8.50. The van der Waals surface area contributed by atoms with Crippen molar-refractivity contribution in [1.29, 1.82) is 0 Å². The van der Waals surface area contributed by atoms with E-state index in [1.54, 1.807) is 56.3 Å². The first-order chi connectivity index (χ1) is 15.5. The standard InChI is InChI=1S/C25H28N2O4S2/c1-17-7-11-23(12-8-17)33(30,31)27-13-5-6-21-9-10-22(16-24(21)27)26-32(28,29)25-19(3)14-18(2)15-20(25)4/h7-12,14-16,26H,5-6,13H2,1-4H3. The van der Waals surface area contributed by atoms with Gasteiger partial charge in [-0.1, -0.05) is 41.5 Å². The minimum atomic E-state index is -3.85. The molecule has 6 nitrogen and oxygen atoms in total. The average Bonchev–Trinajstić information content (AvgIpc) is 2.72. The number of hydrogen-bond acceptors (Lipinski definition) is 4. The number of aryl methyl sites for hydroxylation is 5. The minimum absolute atomic E-state index is 0.220. The lowest BCUT2D eigenvalue weighted by Gasteiger charge is -2.31. The topological polar surface area (TPSA) is 83.6 Å². The molecular weight excluding hydrogens is 456 g/mol. The molecule has 0 aromatic heterocycles. The summed E-state index contributed by atoms with van der Waals surface area (Å²) in [5, 5.41) is 0. The van der Waals surface area contributed by atoms with E-state index in [-0.39, 0.29) is 9.79 Å². The predicted molar refractivity (Wildman–Crippen MR) is 132 cm³/mol. The summed E-state index contributed by atoms with van der Waals surface area (Å²) in [4.78, 5) is 0.466. The van der Waals surface area contributed by atoms with Crippen LogP contribution in [0, 0.1) is 27.7 Å². The molecule has 0 saturated heterocycles. The maximum absolute atomic E-state index is 13.4. The van der Waals surface area contributed by atoms with Gasteiger partial charge in [0.05, 0.1) is 21.2 Å². The lowest BCUT2D eigenvalue weighted by Crippen LogP contribution is -2.35. The van der Waals surface area contributed by atoms with Crippen molar-refractivity contribution in [1.82, 2.24) is 0 Å². The first-order valence-electron chi connectivity index (χ1n) is 10.8. The molecule has 1 heterocycles. The normalized spacial score (nSPS) is 14.1. The van der Waals surface area contributed by atoms with E-state index in [1.165, 1.54) is 4.31 Å². The van der Waals surface area contributed by atoms with Crippen LogP contribution in [-0.2, 0) is 26.5 Å². The molecule has 1 aliphatic rings. The summed E-state index contributed by atoms with van der Waals surface area (Å²) >= 11 is 0. The van der Waals surface area contributed by atoms with Crippen LogP contribution >= 0.6 is 0 Å². The highest BCUT2D eigenvalue weighted by molar-refractivity contribution is 7.93. The van der Waals surface area contributed by atoms with Crippen LogP contribution < -0.4 is 9.03 Å². The zero-order valence-corrected chi connectivity index (χ0v) is 20.8. The van der Waals surface area contributed by atoms with E-state index in [2.05, 4.69) is 4.72 Å². The van der Waals surface area contributed by atoms with Gasteiger partial charge in [0.25, 0.3) is 20.0 Å². The molecule has 0 amide bonds. The molecule has 1 aliphatic heterocycles. The van der Waals surface area contributed by atoms with Crippen LogP contribution in [0.2, 0.25) is 0 Å². The predicted octanol–water partition coefficient (Wildman–Crippen LogP) is 4.86. The van der Waals surface area contributed by atoms with Crippen molar-refractivity contribution < 1.29 is 16.8 Å². The molecular formula is C25H28N2O4S2. The molecule has 0 spiro atoms. The highest BCUT2D eigenvalue weighted by atomic mass is 32.2. The van der Waals surface area contributed by atoms with Gasteiger partial charge in [-0.2, -0.15) is 0 Å². The van der Waals surface area contributed by atoms with Gasteiger partial charge in [0, 0.05) is 6.54 Å². The molecule has 1 N–H and O–H groups in total. The number of sulfonamides is 2. The fourth-order valence-corrected chi connectivity index (χ4v) is 7.53. The van der Waals surface area contributed by atoms with Crippen molar-refractivity contribution in [3.05, 3.63) is 82.4 Å². The van der Waals surface area contributed by atoms with Gasteiger partial charge < -0.3 is 0 Å². The highest BCUT2D eigenvalue weighted by Gasteiger charge is 2.30. The average molecular weight is 485 g/mol. The molecule has 0 bridgehead atoms. The fourth-order valence-electron chi connectivity index (χ4n) is 4.49. The molecule has 4 rings (SSSR count). The Bertz CT molecular complexity index is 1400. The molecule has 0 unspecified atom stereocenters. The van der Waals surface area contributed by atoms with Crippen LogP contribution in [0.5, 0.6) is 0 Å². The SMILES string of the molecule is Cc1ccc(S(=O)(=O)N2CCCc3ccc(NS(=O)(=O)c4c(C)cc(C)cc4C)cc32)cc1. The smallest absolute Gasteiger partial charge is 0.264 e. The van der Waals surface area contributed by atoms with Gasteiger partial charge in [-0.15, -0.1) is 0 Å². The molecule has 0 atom stereocenters. The first-order valence-corrected chi connectivity index (χ1v) is 13.7. The molecule has 0 fully saturated rings. The highest BCUT2D eigenvalue weighted by Crippen LogP contribution is 2.35. The van der Waals surface area contributed by atoms with Gasteiger partial charge in [-0.05, 0) is 81.5 Å². The van der Waals surface area contributed by atoms with E-state index in [0.717, 1.165) is 23.1 Å². The van der Waals surface area contributed by atoms with Gasteiger partial charge in [-0.3, -0.25) is 9.03 Å². The summed E-state index contributed by atoms with van der Waals surface area (Å²) < 4.78 is 57.2. The molecule has 174 valence electrons. The minimum Gasteiger partial charge on any atom is -0.280 e. The Hall–Kier alpha value is -2.84. The van der Waals surface area contributed by atoms with Crippen molar-refractivity contribution in [3.8, 4) is 0 Å². The first kappa shape index (κ1) is 23.3. The van der Waals surface area contributed by atoms with Crippen LogP contribution in [0.15, 0.2) is 64.4 Å². The number of nitrogens with zero attached hydrogens (tertiary/aromatic N) is 1. The number of rotatable bonds is 5. The van der Waals surface area contributed by atoms with E-state index < -0.39 is 20.0 Å². The van der Waals surface area contributed by atoms with Crippen LogP contribution in [0.4, 0.5) is 11.4 Å². The number of hydrogen-bond donors (Lipinski definition) is 1. The van der Waals surface area contributed by atoms with Crippen molar-refractivity contribution in [3.63, 3.8) is 0 Å². The van der Waals surface area contributed by atoms with E-state index in [0.29, 0.717) is 35.5 Å². The third-order valence-electron chi connectivity index (χ3n) is 5.90. The maximum atomic E-state index is 13.4. The van der Waals surface area contributed by atoms with Gasteiger partial charge >= 0.3 is 0 Å². The molecule has 8 heteroatoms. The Labute approximate surface area is 196 Å². The van der Waals surface area contributed by atoms with E-state index in [9.17, 15) is 16.8 Å². The molecule has 3 aromatic rings. The largest absolute Gasteiger partial charge is 0.280 e. The van der Waals surface area contributed by atoms with Gasteiger partial charge in [0.15, 0.2) is 0 Å². The lowest BCUT2D eigenvalue weighted by atomic mass is 10.0. The summed E-state index contributed by atoms with van der Waals surface area (Å²) in [5.41, 5.74) is 5.03. The van der Waals surface area contributed by atoms with Crippen LogP contribution in [0.25, 0.3) is 0 Å². The number of anilines is 2. The van der Waals surface area contributed by atoms with E-state index in [4.69, 9.17) is 0 Å². The van der Waals surface area contributed by atoms with Crippen LogP contribution in [-0.4, -0.2) is 23.4 Å². The molecule has 33 heavy (non-hydrogen) atoms. The van der Waals surface area contributed by atoms with Crippen molar-refractivity contribution in [2.75, 3.05) is 15.6 Å². The zero-order chi connectivity index (χ0) is 24.0. The lowest BCUT2D eigenvalue weighted by molar-refractivity contribution is 0.586. The zero-order valence-electron chi connectivity index (χ0n) is 19.2. The maximum Gasteiger partial charge on any atom is 0.264 e. The van der Waals surface area contributed by atoms with Gasteiger partial charge in [-0.25, -0.2) is 16.8 Å². The summed E-state index contributed by atoms with van der Waals surface area (Å²) in [5.74, 6) is 0. The summed E-state index contributed by atoms with van der Waals surface area (Å²) in [6.07, 6.45) is 1.43. The van der Waals surface area contributed by atoms with Crippen molar-refractivity contribution in [2.24, 2.45) is 0 Å². The van der Waals surface area contributed by atoms with Crippen LogP contribution in [0.3, 0.4) is 0 Å².